The van der Waals surface area contributed by atoms with Gasteiger partial charge in [0.05, 0.1) is 23.9 Å². The summed E-state index contributed by atoms with van der Waals surface area (Å²) in [5.41, 5.74) is 1.42. The van der Waals surface area contributed by atoms with E-state index in [0.29, 0.717) is 13.1 Å². The van der Waals surface area contributed by atoms with Gasteiger partial charge in [-0.15, -0.1) is 11.3 Å². The molecule has 0 radical (unpaired) electrons. The normalized spacial score (nSPS) is 25.3. The van der Waals surface area contributed by atoms with Crippen molar-refractivity contribution in [2.24, 2.45) is 17.3 Å². The van der Waals surface area contributed by atoms with Crippen LogP contribution in [0.2, 0.25) is 0 Å². The molecular formula is C24H21N5S. The summed E-state index contributed by atoms with van der Waals surface area (Å²) in [5, 5.41) is 40.7. The van der Waals surface area contributed by atoms with Gasteiger partial charge in [-0.3, -0.25) is 4.90 Å². The molecule has 3 atom stereocenters. The fraction of sp³-hybridized carbons (Fsp3) is 0.333. The molecule has 1 aliphatic heterocycles. The van der Waals surface area contributed by atoms with Crippen molar-refractivity contribution in [2.45, 2.75) is 19.4 Å². The van der Waals surface area contributed by atoms with Gasteiger partial charge < -0.3 is 5.41 Å². The summed E-state index contributed by atoms with van der Waals surface area (Å²) in [7, 11) is 0. The van der Waals surface area contributed by atoms with Gasteiger partial charge in [-0.05, 0) is 35.1 Å². The zero-order valence-corrected chi connectivity index (χ0v) is 17.5. The van der Waals surface area contributed by atoms with Crippen LogP contribution in [-0.4, -0.2) is 23.7 Å². The summed E-state index contributed by atoms with van der Waals surface area (Å²) < 4.78 is 0. The van der Waals surface area contributed by atoms with Gasteiger partial charge in [0.25, 0.3) is 0 Å². The van der Waals surface area contributed by atoms with Crippen LogP contribution in [0.25, 0.3) is 0 Å². The van der Waals surface area contributed by atoms with E-state index in [-0.39, 0.29) is 11.6 Å². The Hall–Kier alpha value is -3.24. The number of rotatable bonds is 3. The molecule has 0 unspecified atom stereocenters. The van der Waals surface area contributed by atoms with Gasteiger partial charge in [-0.25, -0.2) is 0 Å². The Labute approximate surface area is 180 Å². The first-order valence-electron chi connectivity index (χ1n) is 9.87. The summed E-state index contributed by atoms with van der Waals surface area (Å²) in [6.07, 6.45) is 2.05. The maximum Gasteiger partial charge on any atom is 0.190 e. The van der Waals surface area contributed by atoms with Crippen LogP contribution in [0.15, 0.2) is 53.4 Å². The molecule has 2 aromatic rings. The minimum absolute atomic E-state index is 0.0770. The predicted octanol–water partition coefficient (Wildman–Crippen LogP) is 4.41. The fourth-order valence-corrected chi connectivity index (χ4v) is 5.97. The number of nitrogens with one attached hydrogen (secondary N) is 1. The quantitative estimate of drug-likeness (QED) is 0.757. The zero-order chi connectivity index (χ0) is 21.3. The van der Waals surface area contributed by atoms with Crippen molar-refractivity contribution in [3.8, 4) is 18.2 Å². The maximum atomic E-state index is 10.1. The number of thiophene rings is 1. The van der Waals surface area contributed by atoms with Gasteiger partial charge in [0.2, 0.25) is 0 Å². The topological polar surface area (TPSA) is 98.5 Å². The molecule has 1 N–H and O–H groups in total. The molecule has 0 spiro atoms. The third kappa shape index (κ3) is 3.04. The molecule has 2 heterocycles. The van der Waals surface area contributed by atoms with Crippen molar-refractivity contribution in [3.63, 3.8) is 0 Å². The Morgan fingerprint density at radius 1 is 1.17 bits per heavy atom. The average molecular weight is 412 g/mol. The maximum absolute atomic E-state index is 10.1. The molecule has 2 aliphatic rings. The highest BCUT2D eigenvalue weighted by atomic mass is 32.1. The lowest BCUT2D eigenvalue weighted by molar-refractivity contribution is 0.199. The molecule has 1 aromatic heterocycles. The summed E-state index contributed by atoms with van der Waals surface area (Å²) in [5.74, 6) is -1.42. The van der Waals surface area contributed by atoms with Gasteiger partial charge in [0, 0.05) is 36.3 Å². The van der Waals surface area contributed by atoms with E-state index in [4.69, 9.17) is 5.41 Å². The van der Waals surface area contributed by atoms with Crippen molar-refractivity contribution in [1.82, 2.24) is 4.90 Å². The molecule has 1 fully saturated rings. The average Bonchev–Trinajstić information content (AvgIpc) is 3.19. The molecule has 30 heavy (non-hydrogen) atoms. The van der Waals surface area contributed by atoms with Crippen LogP contribution in [0.1, 0.15) is 21.9 Å². The van der Waals surface area contributed by atoms with Crippen molar-refractivity contribution in [3.05, 3.63) is 69.4 Å². The van der Waals surface area contributed by atoms with Crippen LogP contribution >= 0.6 is 11.3 Å². The van der Waals surface area contributed by atoms with E-state index < -0.39 is 17.3 Å². The minimum atomic E-state index is -1.63. The van der Waals surface area contributed by atoms with E-state index in [1.807, 2.05) is 42.6 Å². The number of nitriles is 3. The Morgan fingerprint density at radius 3 is 2.50 bits per heavy atom. The van der Waals surface area contributed by atoms with Crippen LogP contribution in [0, 0.1) is 63.6 Å². The Morgan fingerprint density at radius 2 is 1.90 bits per heavy atom. The van der Waals surface area contributed by atoms with Crippen LogP contribution in [0.5, 0.6) is 0 Å². The van der Waals surface area contributed by atoms with E-state index in [1.54, 1.807) is 0 Å². The molecule has 0 bridgehead atoms. The number of aryl methyl sites for hydroxylation is 1. The standard InChI is InChI=1S/C24H21N5S/c1-16-8-10-30-22(16)21-20-13-29(12-17-5-3-2-4-6-17)9-7-18(20)19(11-25)23(28)24(21,14-26)15-27/h2-8,10,19-21,28H,9,12-13H2,1H3/t19-,20+,21-/m0/s1. The van der Waals surface area contributed by atoms with Crippen molar-refractivity contribution in [1.29, 1.82) is 21.2 Å². The number of hydrogen-bond donors (Lipinski definition) is 1. The lowest BCUT2D eigenvalue weighted by Crippen LogP contribution is -2.52. The highest BCUT2D eigenvalue weighted by molar-refractivity contribution is 7.10. The Bertz CT molecular complexity index is 1110. The van der Waals surface area contributed by atoms with Gasteiger partial charge in [-0.2, -0.15) is 15.8 Å². The zero-order valence-electron chi connectivity index (χ0n) is 16.7. The molecule has 4 rings (SSSR count). The molecule has 148 valence electrons. The van der Waals surface area contributed by atoms with E-state index in [1.165, 1.54) is 16.9 Å². The van der Waals surface area contributed by atoms with Crippen molar-refractivity contribution in [2.75, 3.05) is 13.1 Å². The fourth-order valence-electron chi connectivity index (χ4n) is 4.81. The van der Waals surface area contributed by atoms with Crippen molar-refractivity contribution < 1.29 is 0 Å². The summed E-state index contributed by atoms with van der Waals surface area (Å²) in [6.45, 7) is 4.09. The predicted molar refractivity (Wildman–Crippen MR) is 116 cm³/mol. The molecule has 6 heteroatoms. The number of nitrogens with zero attached hydrogens (tertiary/aromatic N) is 4. The largest absolute Gasteiger partial charge is 0.305 e. The van der Waals surface area contributed by atoms with Crippen LogP contribution in [0.4, 0.5) is 0 Å². The van der Waals surface area contributed by atoms with Gasteiger partial charge in [-0.1, -0.05) is 36.4 Å². The molecular weight excluding hydrogens is 390 g/mol. The second-order valence-electron chi connectivity index (χ2n) is 7.94. The SMILES string of the molecule is Cc1ccsc1[C@@H]1[C@@H]2CN(Cc3ccccc3)CC=C2[C@H](C#N)C(=N)C1(C#N)C#N. The van der Waals surface area contributed by atoms with E-state index in [2.05, 4.69) is 35.2 Å². The monoisotopic (exact) mass is 411 g/mol. The van der Waals surface area contributed by atoms with Gasteiger partial charge in [0.1, 0.15) is 5.92 Å². The minimum Gasteiger partial charge on any atom is -0.305 e. The van der Waals surface area contributed by atoms with Crippen LogP contribution in [0.3, 0.4) is 0 Å². The summed E-state index contributed by atoms with van der Waals surface area (Å²) in [4.78, 5) is 3.26. The second-order valence-corrected chi connectivity index (χ2v) is 8.89. The van der Waals surface area contributed by atoms with Gasteiger partial charge >= 0.3 is 0 Å². The molecule has 0 saturated heterocycles. The molecule has 0 amide bonds. The van der Waals surface area contributed by atoms with E-state index in [0.717, 1.165) is 22.6 Å². The third-order valence-corrected chi connectivity index (χ3v) is 7.40. The highest BCUT2D eigenvalue weighted by Crippen LogP contribution is 2.55. The third-order valence-electron chi connectivity index (χ3n) is 6.30. The van der Waals surface area contributed by atoms with E-state index in [9.17, 15) is 15.8 Å². The molecule has 1 aliphatic carbocycles. The number of benzene rings is 1. The molecule has 1 saturated carbocycles. The van der Waals surface area contributed by atoms with Crippen LogP contribution in [-0.2, 0) is 6.54 Å². The molecule has 5 nitrogen and oxygen atoms in total. The highest BCUT2D eigenvalue weighted by Gasteiger charge is 2.58. The Kier molecular flexibility index (Phi) is 5.27. The first-order chi connectivity index (χ1) is 14.6. The van der Waals surface area contributed by atoms with E-state index >= 15 is 0 Å². The first-order valence-corrected chi connectivity index (χ1v) is 10.7. The lowest BCUT2D eigenvalue weighted by atomic mass is 9.55. The summed E-state index contributed by atoms with van der Waals surface area (Å²) >= 11 is 1.53. The second kappa shape index (κ2) is 7.88. The Balaban J connectivity index is 1.81. The van der Waals surface area contributed by atoms with Gasteiger partial charge in [0.15, 0.2) is 5.41 Å². The smallest absolute Gasteiger partial charge is 0.190 e. The lowest BCUT2D eigenvalue weighted by Gasteiger charge is -2.47. The van der Waals surface area contributed by atoms with Crippen LogP contribution < -0.4 is 0 Å². The number of hydrogen-bond acceptors (Lipinski definition) is 6. The first kappa shape index (κ1) is 20.0. The number of fused-ring (bicyclic) bond motifs is 1. The molecule has 1 aromatic carbocycles. The van der Waals surface area contributed by atoms with Crippen molar-refractivity contribution >= 4 is 17.0 Å². The summed E-state index contributed by atoms with van der Waals surface area (Å²) in [6, 6.07) is 18.7.